The number of carbonyl (C=O) groups excluding carboxylic acids is 1. The van der Waals surface area contributed by atoms with E-state index in [1.807, 2.05) is 48.5 Å². The van der Waals surface area contributed by atoms with Crippen LogP contribution < -0.4 is 9.80 Å². The first-order chi connectivity index (χ1) is 16.5. The third-order valence-corrected chi connectivity index (χ3v) is 6.23. The monoisotopic (exact) mass is 474 g/mol. The van der Waals surface area contributed by atoms with Crippen LogP contribution in [-0.2, 0) is 11.3 Å². The van der Waals surface area contributed by atoms with E-state index in [1.54, 1.807) is 41.7 Å². The van der Waals surface area contributed by atoms with E-state index in [1.165, 1.54) is 4.90 Å². The normalized spacial score (nSPS) is 17.0. The average Bonchev–Trinajstić information content (AvgIpc) is 3.47. The maximum Gasteiger partial charge on any atom is 0.246 e. The van der Waals surface area contributed by atoms with Crippen LogP contribution in [-0.4, -0.2) is 38.9 Å². The van der Waals surface area contributed by atoms with Gasteiger partial charge in [0.15, 0.2) is 6.23 Å². The zero-order valence-corrected chi connectivity index (χ0v) is 18.9. The molecule has 2 unspecified atom stereocenters. The van der Waals surface area contributed by atoms with Crippen molar-refractivity contribution in [1.82, 2.24) is 9.97 Å². The molecule has 4 aromatic rings. The number of amides is 1. The lowest BCUT2D eigenvalue weighted by Gasteiger charge is -2.29. The number of para-hydroxylation sites is 1. The molecule has 34 heavy (non-hydrogen) atoms. The number of aliphatic hydroxyl groups excluding tert-OH is 2. The summed E-state index contributed by atoms with van der Waals surface area (Å²) in [4.78, 5) is 23.9. The van der Waals surface area contributed by atoms with Gasteiger partial charge in [-0.3, -0.25) is 4.79 Å². The Hall–Kier alpha value is -3.65. The van der Waals surface area contributed by atoms with Crippen molar-refractivity contribution in [2.75, 3.05) is 16.3 Å². The lowest BCUT2D eigenvalue weighted by molar-refractivity contribution is -0.118. The summed E-state index contributed by atoms with van der Waals surface area (Å²) in [6.07, 6.45) is 1.09. The molecule has 2 atom stereocenters. The van der Waals surface area contributed by atoms with Crippen LogP contribution >= 0.6 is 11.6 Å². The molecular formula is C26H23ClN4O3. The molecule has 172 valence electrons. The largest absolute Gasteiger partial charge is 0.384 e. The zero-order chi connectivity index (χ0) is 23.7. The Labute approximate surface area is 201 Å². The number of aromatic amines is 1. The standard InChI is InChI=1S/C26H23ClN4O3/c27-19-5-3-4-17(12-19)14-30(20-10-8-18(9-11-20)22-13-28-16-29-22)24(32)15-31-23-7-2-1-6-21(23)25(33)26(31)34/h1-13,16,25-26,33-34H,14-15H2,(H,28,29). The fourth-order valence-electron chi connectivity index (χ4n) is 4.26. The van der Waals surface area contributed by atoms with Crippen molar-refractivity contribution in [3.63, 3.8) is 0 Å². The van der Waals surface area contributed by atoms with Crippen LogP contribution in [0, 0.1) is 0 Å². The molecule has 0 bridgehead atoms. The molecule has 1 amide bonds. The van der Waals surface area contributed by atoms with Gasteiger partial charge in [0.25, 0.3) is 0 Å². The van der Waals surface area contributed by atoms with Crippen LogP contribution in [0.5, 0.6) is 0 Å². The number of aromatic nitrogens is 2. The van der Waals surface area contributed by atoms with Gasteiger partial charge in [-0.15, -0.1) is 0 Å². The maximum atomic E-state index is 13.6. The van der Waals surface area contributed by atoms with Crippen LogP contribution in [0.15, 0.2) is 85.3 Å². The molecule has 0 radical (unpaired) electrons. The predicted molar refractivity (Wildman–Crippen MR) is 131 cm³/mol. The SMILES string of the molecule is O=C(CN1c2ccccc2C(O)C1O)N(Cc1cccc(Cl)c1)c1ccc(-c2cnc[nH]2)cc1. The predicted octanol–water partition coefficient (Wildman–Crippen LogP) is 4.14. The highest BCUT2D eigenvalue weighted by molar-refractivity contribution is 6.30. The van der Waals surface area contributed by atoms with Crippen LogP contribution in [0.25, 0.3) is 11.3 Å². The number of nitrogens with one attached hydrogen (secondary N) is 1. The zero-order valence-electron chi connectivity index (χ0n) is 18.2. The molecule has 0 saturated carbocycles. The number of rotatable bonds is 6. The number of nitrogens with zero attached hydrogens (tertiary/aromatic N) is 3. The Morgan fingerprint density at radius 3 is 2.59 bits per heavy atom. The van der Waals surface area contributed by atoms with E-state index in [4.69, 9.17) is 11.6 Å². The van der Waals surface area contributed by atoms with Crippen molar-refractivity contribution in [3.05, 3.63) is 101 Å². The minimum absolute atomic E-state index is 0.0991. The third kappa shape index (κ3) is 4.28. The maximum absolute atomic E-state index is 13.6. The van der Waals surface area contributed by atoms with Crippen molar-refractivity contribution < 1.29 is 15.0 Å². The molecule has 0 saturated heterocycles. The van der Waals surface area contributed by atoms with Crippen molar-refractivity contribution in [1.29, 1.82) is 0 Å². The fourth-order valence-corrected chi connectivity index (χ4v) is 4.47. The smallest absolute Gasteiger partial charge is 0.246 e. The summed E-state index contributed by atoms with van der Waals surface area (Å²) in [5, 5.41) is 21.7. The summed E-state index contributed by atoms with van der Waals surface area (Å²) in [5.74, 6) is -0.225. The highest BCUT2D eigenvalue weighted by atomic mass is 35.5. The molecule has 0 fully saturated rings. The van der Waals surface area contributed by atoms with E-state index in [0.717, 1.165) is 16.8 Å². The molecule has 0 spiro atoms. The Kier molecular flexibility index (Phi) is 6.06. The highest BCUT2D eigenvalue weighted by Gasteiger charge is 2.37. The van der Waals surface area contributed by atoms with Crippen LogP contribution in [0.2, 0.25) is 5.02 Å². The van der Waals surface area contributed by atoms with E-state index in [2.05, 4.69) is 9.97 Å². The Morgan fingerprint density at radius 2 is 1.85 bits per heavy atom. The minimum Gasteiger partial charge on any atom is -0.384 e. The minimum atomic E-state index is -1.20. The number of carbonyl (C=O) groups is 1. The molecule has 1 aliphatic rings. The van der Waals surface area contributed by atoms with Crippen LogP contribution in [0.1, 0.15) is 17.2 Å². The van der Waals surface area contributed by atoms with Crippen molar-refractivity contribution >= 4 is 28.9 Å². The first kappa shape index (κ1) is 22.2. The van der Waals surface area contributed by atoms with E-state index < -0.39 is 12.3 Å². The van der Waals surface area contributed by atoms with E-state index in [-0.39, 0.29) is 12.5 Å². The Morgan fingerprint density at radius 1 is 1.06 bits per heavy atom. The number of fused-ring (bicyclic) bond motifs is 1. The van der Waals surface area contributed by atoms with E-state index in [0.29, 0.717) is 28.5 Å². The average molecular weight is 475 g/mol. The first-order valence-electron chi connectivity index (χ1n) is 10.9. The molecular weight excluding hydrogens is 452 g/mol. The number of hydrogen-bond donors (Lipinski definition) is 3. The molecule has 8 heteroatoms. The quantitative estimate of drug-likeness (QED) is 0.390. The van der Waals surface area contributed by atoms with Gasteiger partial charge in [-0.05, 0) is 41.5 Å². The van der Waals surface area contributed by atoms with Crippen molar-refractivity contribution in [2.24, 2.45) is 0 Å². The lowest BCUT2D eigenvalue weighted by atomic mass is 10.1. The van der Waals surface area contributed by atoms with Crippen molar-refractivity contribution in [2.45, 2.75) is 18.9 Å². The third-order valence-electron chi connectivity index (χ3n) is 5.99. The van der Waals surface area contributed by atoms with Crippen molar-refractivity contribution in [3.8, 4) is 11.3 Å². The fraction of sp³-hybridized carbons (Fsp3) is 0.154. The molecule has 0 aliphatic carbocycles. The lowest BCUT2D eigenvalue weighted by Crippen LogP contribution is -2.44. The topological polar surface area (TPSA) is 92.7 Å². The number of halogens is 1. The van der Waals surface area contributed by atoms with Crippen LogP contribution in [0.3, 0.4) is 0 Å². The summed E-state index contributed by atoms with van der Waals surface area (Å²) < 4.78 is 0. The number of imidazole rings is 1. The van der Waals surface area contributed by atoms with Gasteiger partial charge in [0.1, 0.15) is 12.6 Å². The van der Waals surface area contributed by atoms with E-state index >= 15 is 0 Å². The van der Waals surface area contributed by atoms with E-state index in [9.17, 15) is 15.0 Å². The first-order valence-corrected chi connectivity index (χ1v) is 11.2. The van der Waals surface area contributed by atoms with Gasteiger partial charge in [-0.2, -0.15) is 0 Å². The molecule has 1 aromatic heterocycles. The van der Waals surface area contributed by atoms with Gasteiger partial charge in [0, 0.05) is 22.0 Å². The van der Waals surface area contributed by atoms with Crippen LogP contribution in [0.4, 0.5) is 11.4 Å². The molecule has 2 heterocycles. The van der Waals surface area contributed by atoms with Gasteiger partial charge < -0.3 is 25.0 Å². The van der Waals surface area contributed by atoms with Gasteiger partial charge in [0.2, 0.25) is 5.91 Å². The number of H-pyrrole nitrogens is 1. The van der Waals surface area contributed by atoms with Gasteiger partial charge in [-0.1, -0.05) is 54.1 Å². The second-order valence-electron chi connectivity index (χ2n) is 8.17. The molecule has 3 aromatic carbocycles. The number of hydrogen-bond acceptors (Lipinski definition) is 5. The molecule has 3 N–H and O–H groups in total. The highest BCUT2D eigenvalue weighted by Crippen LogP contribution is 2.38. The van der Waals surface area contributed by atoms with Gasteiger partial charge in [0.05, 0.1) is 24.8 Å². The Bertz CT molecular complexity index is 1290. The molecule has 5 rings (SSSR count). The van der Waals surface area contributed by atoms with Gasteiger partial charge >= 0.3 is 0 Å². The molecule has 7 nitrogen and oxygen atoms in total. The number of anilines is 2. The number of benzene rings is 3. The second-order valence-corrected chi connectivity index (χ2v) is 8.60. The van der Waals surface area contributed by atoms with Gasteiger partial charge in [-0.25, -0.2) is 4.98 Å². The summed E-state index contributed by atoms with van der Waals surface area (Å²) in [5.41, 5.74) is 4.66. The summed E-state index contributed by atoms with van der Waals surface area (Å²) in [6.45, 7) is 0.203. The number of aliphatic hydroxyl groups is 2. The second kappa shape index (κ2) is 9.30. The Balaban J connectivity index is 1.45. The summed E-state index contributed by atoms with van der Waals surface area (Å²) >= 11 is 6.18. The molecule has 1 aliphatic heterocycles. The summed E-state index contributed by atoms with van der Waals surface area (Å²) in [7, 11) is 0. The summed E-state index contributed by atoms with van der Waals surface area (Å²) in [6, 6.07) is 22.1.